The minimum Gasteiger partial charge on any atom is -0.382 e. The highest BCUT2D eigenvalue weighted by Crippen LogP contribution is 2.35. The molecule has 2 fully saturated rings. The summed E-state index contributed by atoms with van der Waals surface area (Å²) in [6, 6.07) is 4.91. The second-order valence-corrected chi connectivity index (χ2v) is 12.3. The maximum atomic E-state index is 13.5. The van der Waals surface area contributed by atoms with E-state index in [1.807, 2.05) is 0 Å². The Morgan fingerprint density at radius 2 is 1.92 bits per heavy atom. The van der Waals surface area contributed by atoms with Crippen molar-refractivity contribution in [3.05, 3.63) is 52.9 Å². The first-order chi connectivity index (χ1) is 17.5. The van der Waals surface area contributed by atoms with Crippen molar-refractivity contribution in [2.45, 2.75) is 56.4 Å². The number of carbonyl (C=O) groups excluding carboxylic acids is 1. The topological polar surface area (TPSA) is 106 Å². The Balaban J connectivity index is 1.28. The Bertz CT molecular complexity index is 1440. The zero-order valence-electron chi connectivity index (χ0n) is 19.6. The number of carbonyl (C=O) groups is 1. The number of sulfone groups is 1. The van der Waals surface area contributed by atoms with E-state index in [0.29, 0.717) is 34.5 Å². The number of halogens is 4. The second kappa shape index (κ2) is 9.79. The van der Waals surface area contributed by atoms with E-state index in [-0.39, 0.29) is 41.1 Å². The van der Waals surface area contributed by atoms with Crippen molar-refractivity contribution in [1.29, 1.82) is 0 Å². The number of hydrogen-bond donors (Lipinski definition) is 2. The molecule has 198 valence electrons. The molecule has 1 saturated heterocycles. The van der Waals surface area contributed by atoms with E-state index in [9.17, 15) is 26.4 Å². The lowest BCUT2D eigenvalue weighted by Gasteiger charge is -2.31. The van der Waals surface area contributed by atoms with Gasteiger partial charge in [-0.25, -0.2) is 13.4 Å². The highest BCUT2D eigenvalue weighted by molar-refractivity contribution is 7.91. The number of alkyl halides is 3. The average molecular weight is 556 g/mol. The predicted molar refractivity (Wildman–Crippen MR) is 133 cm³/mol. The zero-order chi connectivity index (χ0) is 26.4. The second-order valence-electron chi connectivity index (χ2n) is 9.66. The van der Waals surface area contributed by atoms with Crippen LogP contribution in [0.25, 0.3) is 10.9 Å². The van der Waals surface area contributed by atoms with Gasteiger partial charge in [-0.2, -0.15) is 18.3 Å². The number of rotatable bonds is 5. The van der Waals surface area contributed by atoms with Crippen LogP contribution in [0.2, 0.25) is 5.02 Å². The molecule has 0 spiro atoms. The van der Waals surface area contributed by atoms with Gasteiger partial charge in [-0.05, 0) is 56.4 Å². The fraction of sp³-hybridized carbons (Fsp3) is 0.458. The van der Waals surface area contributed by atoms with Crippen LogP contribution in [-0.4, -0.2) is 52.7 Å². The smallest absolute Gasteiger partial charge is 0.382 e. The van der Waals surface area contributed by atoms with Crippen LogP contribution >= 0.6 is 11.6 Å². The molecule has 1 aliphatic carbocycles. The maximum absolute atomic E-state index is 13.5. The third-order valence-corrected chi connectivity index (χ3v) is 8.86. The lowest BCUT2D eigenvalue weighted by Crippen LogP contribution is -2.41. The molecule has 1 aliphatic heterocycles. The van der Waals surface area contributed by atoms with Crippen molar-refractivity contribution in [2.75, 3.05) is 16.8 Å². The molecule has 13 heteroatoms. The molecule has 37 heavy (non-hydrogen) atoms. The Labute approximate surface area is 216 Å². The Kier molecular flexibility index (Phi) is 6.82. The molecule has 1 amide bonds. The molecule has 1 unspecified atom stereocenters. The predicted octanol–water partition coefficient (Wildman–Crippen LogP) is 4.62. The van der Waals surface area contributed by atoms with Crippen molar-refractivity contribution >= 4 is 43.9 Å². The summed E-state index contributed by atoms with van der Waals surface area (Å²) in [5.74, 6) is -0.200. The van der Waals surface area contributed by atoms with Crippen LogP contribution < -0.4 is 10.6 Å². The summed E-state index contributed by atoms with van der Waals surface area (Å²) >= 11 is 6.10. The largest absolute Gasteiger partial charge is 0.433 e. The maximum Gasteiger partial charge on any atom is 0.433 e. The lowest BCUT2D eigenvalue weighted by molar-refractivity contribution is -0.140. The van der Waals surface area contributed by atoms with Gasteiger partial charge < -0.3 is 10.6 Å². The molecule has 2 aliphatic rings. The molecular formula is C24H25ClF3N5O3S. The molecule has 3 aromatic rings. The fourth-order valence-corrected chi connectivity index (χ4v) is 6.92. The molecule has 2 N–H and O–H groups in total. The summed E-state index contributed by atoms with van der Waals surface area (Å²) in [7, 11) is -3.08. The molecule has 3 heterocycles. The Morgan fingerprint density at radius 1 is 1.14 bits per heavy atom. The summed E-state index contributed by atoms with van der Waals surface area (Å²) in [5.41, 5.74) is -0.166. The molecular weight excluding hydrogens is 531 g/mol. The average Bonchev–Trinajstić information content (AvgIpc) is 3.45. The van der Waals surface area contributed by atoms with Crippen LogP contribution in [-0.2, 0) is 16.0 Å². The molecule has 0 radical (unpaired) electrons. The van der Waals surface area contributed by atoms with Crippen molar-refractivity contribution in [1.82, 2.24) is 20.1 Å². The summed E-state index contributed by atoms with van der Waals surface area (Å²) in [6.07, 6.45) is 1.60. The summed E-state index contributed by atoms with van der Waals surface area (Å²) in [5, 5.41) is 11.3. The van der Waals surface area contributed by atoms with E-state index >= 15 is 0 Å². The molecule has 1 aromatic carbocycles. The van der Waals surface area contributed by atoms with Crippen LogP contribution in [0.5, 0.6) is 0 Å². The van der Waals surface area contributed by atoms with E-state index in [4.69, 9.17) is 11.6 Å². The number of anilines is 1. The third-order valence-electron chi connectivity index (χ3n) is 6.88. The highest BCUT2D eigenvalue weighted by atomic mass is 35.5. The monoisotopic (exact) mass is 555 g/mol. The fourth-order valence-electron chi connectivity index (χ4n) is 5.04. The van der Waals surface area contributed by atoms with Crippen molar-refractivity contribution in [2.24, 2.45) is 0 Å². The first-order valence-electron chi connectivity index (χ1n) is 12.0. The summed E-state index contributed by atoms with van der Waals surface area (Å²) in [6.45, 7) is 0. The normalized spacial score (nSPS) is 23.7. The quantitative estimate of drug-likeness (QED) is 0.476. The summed E-state index contributed by atoms with van der Waals surface area (Å²) < 4.78 is 65.4. The molecule has 8 nitrogen and oxygen atoms in total. The van der Waals surface area contributed by atoms with Gasteiger partial charge in [0.05, 0.1) is 34.8 Å². The van der Waals surface area contributed by atoms with Gasteiger partial charge in [0.2, 0.25) is 0 Å². The van der Waals surface area contributed by atoms with Gasteiger partial charge in [0, 0.05) is 34.4 Å². The van der Waals surface area contributed by atoms with Crippen molar-refractivity contribution in [3.63, 3.8) is 0 Å². The van der Waals surface area contributed by atoms with Gasteiger partial charge in [0.1, 0.15) is 5.69 Å². The third kappa shape index (κ3) is 5.85. The number of amides is 1. The molecule has 5 rings (SSSR count). The molecule has 3 atom stereocenters. The Hall–Kier alpha value is -2.86. The van der Waals surface area contributed by atoms with Crippen molar-refractivity contribution < 1.29 is 26.4 Å². The number of benzene rings is 1. The number of nitrogens with one attached hydrogen (secondary N) is 2. The van der Waals surface area contributed by atoms with Crippen LogP contribution in [0, 0.1) is 0 Å². The number of aromatic nitrogens is 3. The molecule has 0 bridgehead atoms. The zero-order valence-corrected chi connectivity index (χ0v) is 21.2. The van der Waals surface area contributed by atoms with Gasteiger partial charge in [0.25, 0.3) is 5.91 Å². The standard InChI is InChI=1S/C24H25ClF3N5O3S/c25-15-4-5-20-19(8-15)21(10-22(32-20)24(26,27)28)30-16-2-1-3-17(9-16)31-23(34)14-11-29-33(12-14)18-6-7-37(35,36)13-18/h4-5,8,10-12,16-18H,1-3,6-7,9,13H2,(H,30,32)(H,31,34)/t16-,17+,18?/m0/s1. The molecule has 2 aromatic heterocycles. The highest BCUT2D eigenvalue weighted by Gasteiger charge is 2.34. The SMILES string of the molecule is O=C(N[C@@H]1CCC[C@H](Nc2cc(C(F)(F)F)nc3ccc(Cl)cc23)C1)c1cnn(C2CCS(=O)(=O)C2)c1. The van der Waals surface area contributed by atoms with E-state index in [2.05, 4.69) is 20.7 Å². The van der Waals surface area contributed by atoms with Gasteiger partial charge in [0.15, 0.2) is 9.84 Å². The van der Waals surface area contributed by atoms with Gasteiger partial charge in [-0.15, -0.1) is 0 Å². The van der Waals surface area contributed by atoms with Crippen LogP contribution in [0.1, 0.15) is 54.2 Å². The lowest BCUT2D eigenvalue weighted by atomic mass is 9.90. The minimum absolute atomic E-state index is 0.0106. The first kappa shape index (κ1) is 25.8. The molecule has 1 saturated carbocycles. The minimum atomic E-state index is -4.60. The van der Waals surface area contributed by atoms with Crippen LogP contribution in [0.15, 0.2) is 36.7 Å². The van der Waals surface area contributed by atoms with Gasteiger partial charge in [-0.1, -0.05) is 11.6 Å². The number of hydrogen-bond acceptors (Lipinski definition) is 6. The van der Waals surface area contributed by atoms with Crippen LogP contribution in [0.4, 0.5) is 18.9 Å². The number of pyridine rings is 1. The first-order valence-corrected chi connectivity index (χ1v) is 14.2. The van der Waals surface area contributed by atoms with Gasteiger partial charge >= 0.3 is 6.18 Å². The van der Waals surface area contributed by atoms with Gasteiger partial charge in [-0.3, -0.25) is 9.48 Å². The van der Waals surface area contributed by atoms with E-state index in [0.717, 1.165) is 25.3 Å². The Morgan fingerprint density at radius 3 is 2.65 bits per heavy atom. The van der Waals surface area contributed by atoms with E-state index in [1.165, 1.54) is 23.0 Å². The number of fused-ring (bicyclic) bond motifs is 1. The van der Waals surface area contributed by atoms with Crippen LogP contribution in [0.3, 0.4) is 0 Å². The number of nitrogens with zero attached hydrogens (tertiary/aromatic N) is 3. The summed E-state index contributed by atoms with van der Waals surface area (Å²) in [4.78, 5) is 16.6. The van der Waals surface area contributed by atoms with E-state index in [1.54, 1.807) is 12.3 Å². The van der Waals surface area contributed by atoms with E-state index < -0.39 is 21.7 Å². The van der Waals surface area contributed by atoms with Crippen molar-refractivity contribution in [3.8, 4) is 0 Å².